The van der Waals surface area contributed by atoms with Gasteiger partial charge in [0.1, 0.15) is 11.6 Å². The van der Waals surface area contributed by atoms with Crippen molar-refractivity contribution in [3.8, 4) is 5.75 Å². The first-order valence-corrected chi connectivity index (χ1v) is 10.6. The van der Waals surface area contributed by atoms with E-state index in [9.17, 15) is 9.18 Å². The van der Waals surface area contributed by atoms with E-state index in [1.165, 1.54) is 25.3 Å². The third-order valence-corrected chi connectivity index (χ3v) is 6.92. The number of rotatable bonds is 2. The van der Waals surface area contributed by atoms with Gasteiger partial charge in [0.2, 0.25) is 0 Å². The summed E-state index contributed by atoms with van der Waals surface area (Å²) in [5.41, 5.74) is 1.03. The highest BCUT2D eigenvalue weighted by atomic mass is 19.1. The van der Waals surface area contributed by atoms with Gasteiger partial charge >= 0.3 is 6.03 Å². The first-order chi connectivity index (χ1) is 13.5. The lowest BCUT2D eigenvalue weighted by Crippen LogP contribution is -2.50. The van der Waals surface area contributed by atoms with Crippen LogP contribution in [0.25, 0.3) is 0 Å². The smallest absolute Gasteiger partial charge is 0.317 e. The Hall–Kier alpha value is -1.82. The van der Waals surface area contributed by atoms with Gasteiger partial charge in [-0.1, -0.05) is 12.8 Å². The van der Waals surface area contributed by atoms with Crippen LogP contribution < -0.4 is 10.1 Å². The number of hydrogen-bond acceptors (Lipinski definition) is 3. The molecule has 2 amide bonds. The summed E-state index contributed by atoms with van der Waals surface area (Å²) in [6, 6.07) is 5.71. The fourth-order valence-electron chi connectivity index (χ4n) is 5.17. The molecule has 1 spiro atoms. The SMILES string of the molecule is CN(C)C(=O)NC1CCCCC(N2CCC3(CC2)COc2ccc(F)cc23)C1. The van der Waals surface area contributed by atoms with Gasteiger partial charge in [0.25, 0.3) is 0 Å². The zero-order chi connectivity index (χ0) is 19.7. The second-order valence-corrected chi connectivity index (χ2v) is 8.96. The first kappa shape index (κ1) is 19.5. The molecule has 3 aliphatic rings. The highest BCUT2D eigenvalue weighted by Gasteiger charge is 2.44. The van der Waals surface area contributed by atoms with Gasteiger partial charge in [-0.05, 0) is 63.4 Å². The number of carbonyl (C=O) groups excluding carboxylic acids is 1. The molecule has 0 radical (unpaired) electrons. The Morgan fingerprint density at radius 3 is 2.75 bits per heavy atom. The van der Waals surface area contributed by atoms with Crippen molar-refractivity contribution in [1.82, 2.24) is 15.1 Å². The largest absolute Gasteiger partial charge is 0.492 e. The molecule has 1 aliphatic carbocycles. The van der Waals surface area contributed by atoms with E-state index in [2.05, 4.69) is 10.2 Å². The maximum atomic E-state index is 13.8. The van der Waals surface area contributed by atoms with Gasteiger partial charge < -0.3 is 19.9 Å². The number of likely N-dealkylation sites (tertiary alicyclic amines) is 1. The Bertz CT molecular complexity index is 716. The Kier molecular flexibility index (Phi) is 5.50. The molecule has 1 saturated heterocycles. The fraction of sp³-hybridized carbons (Fsp3) is 0.682. The molecule has 1 aromatic carbocycles. The molecule has 5 nitrogen and oxygen atoms in total. The summed E-state index contributed by atoms with van der Waals surface area (Å²) in [5, 5.41) is 3.19. The molecule has 0 aromatic heterocycles. The molecule has 1 N–H and O–H groups in total. The molecule has 2 aliphatic heterocycles. The van der Waals surface area contributed by atoms with Crippen molar-refractivity contribution in [3.63, 3.8) is 0 Å². The standard InChI is InChI=1S/C22H32FN3O2/c1-25(2)21(27)24-17-5-3-4-6-18(14-17)26-11-9-22(10-12-26)15-28-20-8-7-16(23)13-19(20)22/h7-8,13,17-18H,3-6,9-12,14-15H2,1-2H3,(H,24,27). The van der Waals surface area contributed by atoms with Crippen LogP contribution in [0.2, 0.25) is 0 Å². The topological polar surface area (TPSA) is 44.8 Å². The predicted molar refractivity (Wildman–Crippen MR) is 107 cm³/mol. The molecular weight excluding hydrogens is 357 g/mol. The number of nitrogens with zero attached hydrogens (tertiary/aromatic N) is 2. The van der Waals surface area contributed by atoms with Crippen molar-refractivity contribution < 1.29 is 13.9 Å². The average molecular weight is 390 g/mol. The lowest BCUT2D eigenvalue weighted by Gasteiger charge is -2.42. The zero-order valence-electron chi connectivity index (χ0n) is 17.0. The molecular formula is C22H32FN3O2. The summed E-state index contributed by atoms with van der Waals surface area (Å²) < 4.78 is 19.7. The summed E-state index contributed by atoms with van der Waals surface area (Å²) >= 11 is 0. The van der Waals surface area contributed by atoms with Crippen molar-refractivity contribution >= 4 is 6.03 Å². The fourth-order valence-corrected chi connectivity index (χ4v) is 5.17. The number of fused-ring (bicyclic) bond motifs is 2. The molecule has 4 rings (SSSR count). The van der Waals surface area contributed by atoms with Crippen LogP contribution in [0.1, 0.15) is 50.5 Å². The number of piperidine rings is 1. The number of nitrogens with one attached hydrogen (secondary N) is 1. The van der Waals surface area contributed by atoms with E-state index in [0.29, 0.717) is 12.6 Å². The molecule has 1 aromatic rings. The van der Waals surface area contributed by atoms with Crippen LogP contribution in [0.4, 0.5) is 9.18 Å². The number of hydrogen-bond donors (Lipinski definition) is 1. The minimum Gasteiger partial charge on any atom is -0.492 e. The van der Waals surface area contributed by atoms with Crippen LogP contribution in [-0.2, 0) is 5.41 Å². The van der Waals surface area contributed by atoms with Crippen LogP contribution in [0.3, 0.4) is 0 Å². The van der Waals surface area contributed by atoms with E-state index in [0.717, 1.165) is 50.1 Å². The van der Waals surface area contributed by atoms with Crippen LogP contribution >= 0.6 is 0 Å². The quantitative estimate of drug-likeness (QED) is 0.787. The summed E-state index contributed by atoms with van der Waals surface area (Å²) in [6.45, 7) is 2.70. The number of carbonyl (C=O) groups is 1. The molecule has 1 saturated carbocycles. The molecule has 2 unspecified atom stereocenters. The van der Waals surface area contributed by atoms with Crippen LogP contribution in [0.5, 0.6) is 5.75 Å². The maximum absolute atomic E-state index is 13.8. The molecule has 2 fully saturated rings. The Balaban J connectivity index is 1.40. The lowest BCUT2D eigenvalue weighted by atomic mass is 9.74. The van der Waals surface area contributed by atoms with Crippen molar-refractivity contribution in [1.29, 1.82) is 0 Å². The van der Waals surface area contributed by atoms with E-state index in [1.54, 1.807) is 31.1 Å². The Morgan fingerprint density at radius 1 is 1.25 bits per heavy atom. The third-order valence-electron chi connectivity index (χ3n) is 6.92. The van der Waals surface area contributed by atoms with E-state index in [-0.39, 0.29) is 23.3 Å². The van der Waals surface area contributed by atoms with Gasteiger partial charge in [-0.25, -0.2) is 9.18 Å². The average Bonchev–Trinajstić information content (AvgIpc) is 2.86. The van der Waals surface area contributed by atoms with Gasteiger partial charge in [0, 0.05) is 37.2 Å². The maximum Gasteiger partial charge on any atom is 0.317 e. The third kappa shape index (κ3) is 3.84. The normalized spacial score (nSPS) is 27.0. The minimum absolute atomic E-state index is 0.00462. The monoisotopic (exact) mass is 389 g/mol. The van der Waals surface area contributed by atoms with E-state index >= 15 is 0 Å². The number of benzene rings is 1. The molecule has 6 heteroatoms. The predicted octanol–water partition coefficient (Wildman–Crippen LogP) is 3.52. The van der Waals surface area contributed by atoms with E-state index < -0.39 is 0 Å². The second kappa shape index (κ2) is 7.90. The molecule has 28 heavy (non-hydrogen) atoms. The summed E-state index contributed by atoms with van der Waals surface area (Å²) in [7, 11) is 3.58. The van der Waals surface area contributed by atoms with E-state index in [4.69, 9.17) is 4.74 Å². The van der Waals surface area contributed by atoms with E-state index in [1.807, 2.05) is 0 Å². The van der Waals surface area contributed by atoms with Gasteiger partial charge in [-0.3, -0.25) is 0 Å². The summed E-state index contributed by atoms with van der Waals surface area (Å²) in [4.78, 5) is 16.3. The molecule has 0 bridgehead atoms. The second-order valence-electron chi connectivity index (χ2n) is 8.96. The number of amides is 2. The van der Waals surface area contributed by atoms with Gasteiger partial charge in [-0.15, -0.1) is 0 Å². The highest BCUT2D eigenvalue weighted by molar-refractivity contribution is 5.73. The van der Waals surface area contributed by atoms with Crippen molar-refractivity contribution in [2.24, 2.45) is 0 Å². The van der Waals surface area contributed by atoms with Gasteiger partial charge in [-0.2, -0.15) is 0 Å². The minimum atomic E-state index is -0.172. The zero-order valence-corrected chi connectivity index (χ0v) is 17.0. The van der Waals surface area contributed by atoms with Gasteiger partial charge in [0.15, 0.2) is 0 Å². The number of urea groups is 1. The molecule has 2 heterocycles. The Morgan fingerprint density at radius 2 is 2.00 bits per heavy atom. The van der Waals surface area contributed by atoms with Crippen LogP contribution in [0, 0.1) is 5.82 Å². The molecule has 2 atom stereocenters. The van der Waals surface area contributed by atoms with Gasteiger partial charge in [0.05, 0.1) is 6.61 Å². The van der Waals surface area contributed by atoms with Crippen molar-refractivity contribution in [2.45, 2.75) is 62.4 Å². The van der Waals surface area contributed by atoms with Crippen molar-refractivity contribution in [2.75, 3.05) is 33.8 Å². The Labute approximate surface area is 167 Å². The molecule has 154 valence electrons. The highest BCUT2D eigenvalue weighted by Crippen LogP contribution is 2.46. The summed E-state index contributed by atoms with van der Waals surface area (Å²) in [5.74, 6) is 0.685. The van der Waals surface area contributed by atoms with Crippen LogP contribution in [-0.4, -0.2) is 61.7 Å². The number of ether oxygens (including phenoxy) is 1. The summed E-state index contributed by atoms with van der Waals surface area (Å²) in [6.07, 6.45) is 7.69. The van der Waals surface area contributed by atoms with Crippen molar-refractivity contribution in [3.05, 3.63) is 29.6 Å². The van der Waals surface area contributed by atoms with Crippen LogP contribution in [0.15, 0.2) is 18.2 Å². The first-order valence-electron chi connectivity index (χ1n) is 10.6. The lowest BCUT2D eigenvalue weighted by molar-refractivity contribution is 0.0895. The number of halogens is 1.